The number of carbonyl (C=O) groups is 2. The van der Waals surface area contributed by atoms with E-state index in [2.05, 4.69) is 78.1 Å². The Bertz CT molecular complexity index is 1420. The van der Waals surface area contributed by atoms with Crippen LogP contribution in [0.5, 0.6) is 0 Å². The van der Waals surface area contributed by atoms with Crippen LogP contribution in [-0.4, -0.2) is 11.9 Å². The van der Waals surface area contributed by atoms with Gasteiger partial charge in [0.2, 0.25) is 0 Å². The molecule has 3 rings (SSSR count). The molecule has 41 heavy (non-hydrogen) atoms. The minimum Gasteiger partial charge on any atom is -0.424 e. The van der Waals surface area contributed by atoms with E-state index in [4.69, 9.17) is 9.47 Å². The molecule has 0 unspecified atom stereocenters. The van der Waals surface area contributed by atoms with Crippen LogP contribution in [0.2, 0.25) is 0 Å². The molecular weight excluding hydrogens is 508 g/mol. The summed E-state index contributed by atoms with van der Waals surface area (Å²) in [5.74, 6) is 0.292. The van der Waals surface area contributed by atoms with Crippen molar-refractivity contribution in [3.8, 4) is 0 Å². The highest BCUT2D eigenvalue weighted by molar-refractivity contribution is 5.88. The molecule has 4 nitrogen and oxygen atoms in total. The van der Waals surface area contributed by atoms with Gasteiger partial charge in [0.05, 0.1) is 0 Å². The summed E-state index contributed by atoms with van der Waals surface area (Å²) in [6, 6.07) is 6.76. The largest absolute Gasteiger partial charge is 0.424 e. The molecule has 4 heteroatoms. The number of rotatable bonds is 10. The Morgan fingerprint density at radius 3 is 1.59 bits per heavy atom. The number of carbonyl (C=O) groups excluding carboxylic acids is 2. The molecular formula is C37H44O4. The lowest BCUT2D eigenvalue weighted by Gasteiger charge is -2.17. The summed E-state index contributed by atoms with van der Waals surface area (Å²) in [4.78, 5) is 24.0. The van der Waals surface area contributed by atoms with Gasteiger partial charge in [0.25, 0.3) is 0 Å². The van der Waals surface area contributed by atoms with E-state index >= 15 is 0 Å². The first kappa shape index (κ1) is 31.6. The van der Waals surface area contributed by atoms with Gasteiger partial charge < -0.3 is 9.47 Å². The van der Waals surface area contributed by atoms with Crippen LogP contribution in [0.25, 0.3) is 0 Å². The van der Waals surface area contributed by atoms with Crippen LogP contribution in [-0.2, 0) is 31.9 Å². The summed E-state index contributed by atoms with van der Waals surface area (Å²) in [5, 5.41) is 0. The van der Waals surface area contributed by atoms with E-state index in [-0.39, 0.29) is 10.8 Å². The number of ether oxygens (including phenoxy) is 2. The van der Waals surface area contributed by atoms with Crippen molar-refractivity contribution in [1.82, 2.24) is 0 Å². The highest BCUT2D eigenvalue weighted by atomic mass is 16.5. The molecule has 2 aliphatic carbocycles. The molecule has 1 aromatic carbocycles. The van der Waals surface area contributed by atoms with Gasteiger partial charge in [0, 0.05) is 22.0 Å². The number of aryl methyl sites for hydroxylation is 3. The SMILES string of the molecule is C=C(C)C(=O)OC1=CC(C)(C)C=C(CCc2ccc(CCC3=CC(C)(C)C=C(OC(=O)C(=C)C)C=C3)c(C)c2)C=C1. The Morgan fingerprint density at radius 1 is 0.683 bits per heavy atom. The van der Waals surface area contributed by atoms with E-state index in [1.54, 1.807) is 13.8 Å². The van der Waals surface area contributed by atoms with Crippen molar-refractivity contribution in [2.24, 2.45) is 10.8 Å². The molecule has 0 spiro atoms. The van der Waals surface area contributed by atoms with Crippen LogP contribution in [0.15, 0.2) is 114 Å². The van der Waals surface area contributed by atoms with E-state index in [1.807, 2.05) is 36.5 Å². The van der Waals surface area contributed by atoms with E-state index < -0.39 is 11.9 Å². The average Bonchev–Trinajstić information content (AvgIpc) is 3.10. The summed E-state index contributed by atoms with van der Waals surface area (Å²) in [6.45, 7) is 21.3. The molecule has 0 saturated heterocycles. The summed E-state index contributed by atoms with van der Waals surface area (Å²) < 4.78 is 11.0. The molecule has 0 aliphatic heterocycles. The van der Waals surface area contributed by atoms with E-state index in [0.29, 0.717) is 22.7 Å². The Balaban J connectivity index is 1.61. The van der Waals surface area contributed by atoms with Crippen molar-refractivity contribution >= 4 is 11.9 Å². The van der Waals surface area contributed by atoms with Gasteiger partial charge in [-0.15, -0.1) is 0 Å². The van der Waals surface area contributed by atoms with Crippen LogP contribution in [0.1, 0.15) is 71.1 Å². The summed E-state index contributed by atoms with van der Waals surface area (Å²) in [6.07, 6.45) is 19.9. The average molecular weight is 553 g/mol. The molecule has 0 radical (unpaired) electrons. The van der Waals surface area contributed by atoms with Crippen molar-refractivity contribution in [2.75, 3.05) is 0 Å². The first-order valence-corrected chi connectivity index (χ1v) is 14.2. The van der Waals surface area contributed by atoms with E-state index in [9.17, 15) is 9.59 Å². The summed E-state index contributed by atoms with van der Waals surface area (Å²) in [5.41, 5.74) is 6.64. The number of allylic oxidation sites excluding steroid dienone is 10. The first-order valence-electron chi connectivity index (χ1n) is 14.2. The zero-order valence-electron chi connectivity index (χ0n) is 25.7. The molecule has 0 aromatic heterocycles. The molecule has 0 N–H and O–H groups in total. The first-order chi connectivity index (χ1) is 19.1. The van der Waals surface area contributed by atoms with Gasteiger partial charge in [-0.2, -0.15) is 0 Å². The molecule has 0 saturated carbocycles. The topological polar surface area (TPSA) is 52.6 Å². The Morgan fingerprint density at radius 2 is 1.15 bits per heavy atom. The minimum atomic E-state index is -0.406. The molecule has 0 atom stereocenters. The van der Waals surface area contributed by atoms with E-state index in [1.165, 1.54) is 27.8 Å². The maximum absolute atomic E-state index is 12.0. The van der Waals surface area contributed by atoms with Gasteiger partial charge in [-0.1, -0.05) is 94.5 Å². The molecule has 0 fully saturated rings. The third kappa shape index (κ3) is 9.89. The predicted molar refractivity (Wildman–Crippen MR) is 168 cm³/mol. The number of benzene rings is 1. The maximum atomic E-state index is 12.0. The van der Waals surface area contributed by atoms with Crippen LogP contribution in [0, 0.1) is 17.8 Å². The molecule has 0 amide bonds. The van der Waals surface area contributed by atoms with Crippen molar-refractivity contribution < 1.29 is 19.1 Å². The Kier molecular flexibility index (Phi) is 10.1. The molecule has 216 valence electrons. The highest BCUT2D eigenvalue weighted by Crippen LogP contribution is 2.31. The van der Waals surface area contributed by atoms with Gasteiger partial charge >= 0.3 is 11.9 Å². The maximum Gasteiger partial charge on any atom is 0.338 e. The monoisotopic (exact) mass is 552 g/mol. The highest BCUT2D eigenvalue weighted by Gasteiger charge is 2.20. The molecule has 2 aliphatic rings. The smallest absolute Gasteiger partial charge is 0.338 e. The summed E-state index contributed by atoms with van der Waals surface area (Å²) >= 11 is 0. The van der Waals surface area contributed by atoms with Crippen LogP contribution >= 0.6 is 0 Å². The Labute approximate surface area is 246 Å². The second-order valence-electron chi connectivity index (χ2n) is 12.4. The van der Waals surface area contributed by atoms with Crippen LogP contribution in [0.3, 0.4) is 0 Å². The van der Waals surface area contributed by atoms with E-state index in [0.717, 1.165) is 25.7 Å². The quantitative estimate of drug-likeness (QED) is 0.215. The zero-order chi connectivity index (χ0) is 30.4. The normalized spacial score (nSPS) is 17.2. The number of hydrogen-bond acceptors (Lipinski definition) is 4. The minimum absolute atomic E-state index is 0.235. The lowest BCUT2D eigenvalue weighted by molar-refractivity contribution is -0.135. The Hall–Kier alpha value is -3.92. The van der Waals surface area contributed by atoms with Crippen molar-refractivity contribution in [3.63, 3.8) is 0 Å². The van der Waals surface area contributed by atoms with Gasteiger partial charge in [-0.05, 0) is 87.4 Å². The predicted octanol–water partition coefficient (Wildman–Crippen LogP) is 8.91. The van der Waals surface area contributed by atoms with Gasteiger partial charge in [-0.25, -0.2) is 9.59 Å². The van der Waals surface area contributed by atoms with Gasteiger partial charge in [-0.3, -0.25) is 0 Å². The second kappa shape index (κ2) is 13.2. The van der Waals surface area contributed by atoms with Crippen LogP contribution in [0.4, 0.5) is 0 Å². The molecule has 1 aromatic rings. The molecule has 0 heterocycles. The zero-order valence-corrected chi connectivity index (χ0v) is 25.7. The van der Waals surface area contributed by atoms with Gasteiger partial charge in [0.1, 0.15) is 11.5 Å². The van der Waals surface area contributed by atoms with Crippen molar-refractivity contribution in [1.29, 1.82) is 0 Å². The lowest BCUT2D eigenvalue weighted by atomic mass is 9.88. The van der Waals surface area contributed by atoms with Crippen molar-refractivity contribution in [2.45, 2.75) is 74.1 Å². The number of hydrogen-bond donors (Lipinski definition) is 0. The standard InChI is InChI=1S/C37H44O4/c1-25(2)34(38)40-32-18-14-29(21-36(6,7)23-32)11-10-28-12-16-31(27(5)20-28)17-13-30-15-19-33(24-37(8,9)22-30)41-35(39)26(3)4/h12,14-16,18-24H,1,3,10-11,13,17H2,2,4-9H3. The third-order valence-corrected chi connectivity index (χ3v) is 6.98. The van der Waals surface area contributed by atoms with Gasteiger partial charge in [0.15, 0.2) is 0 Å². The fourth-order valence-electron chi connectivity index (χ4n) is 4.93. The number of esters is 2. The second-order valence-corrected chi connectivity index (χ2v) is 12.4. The molecule has 0 bridgehead atoms. The lowest BCUT2D eigenvalue weighted by Crippen LogP contribution is -2.08. The van der Waals surface area contributed by atoms with Crippen molar-refractivity contribution in [3.05, 3.63) is 130 Å². The summed E-state index contributed by atoms with van der Waals surface area (Å²) in [7, 11) is 0. The fourth-order valence-corrected chi connectivity index (χ4v) is 4.93. The van der Waals surface area contributed by atoms with Crippen LogP contribution < -0.4 is 0 Å². The third-order valence-electron chi connectivity index (χ3n) is 6.98. The fraction of sp³-hybridized carbons (Fsp3) is 0.351.